The Labute approximate surface area is 76.0 Å². The van der Waals surface area contributed by atoms with Gasteiger partial charge in [-0.15, -0.1) is 0 Å². The molecule has 0 aromatic carbocycles. The molecule has 0 spiro atoms. The Morgan fingerprint density at radius 2 is 2.08 bits per heavy atom. The molecule has 0 unspecified atom stereocenters. The molecule has 0 aliphatic heterocycles. The number of thiol groups is 1. The topological polar surface area (TPSA) is 25.8 Å². The van der Waals surface area contributed by atoms with Gasteiger partial charge in [0.05, 0.1) is 0 Å². The molecule has 0 aliphatic carbocycles. The van der Waals surface area contributed by atoms with Gasteiger partial charge in [-0.05, 0) is 12.2 Å². The first-order valence-electron chi connectivity index (χ1n) is 3.58. The second-order valence-electron chi connectivity index (χ2n) is 2.20. The zero-order valence-electron chi connectivity index (χ0n) is 6.44. The molecule has 1 aromatic heterocycles. The maximum atomic E-state index is 12.2. The quantitative estimate of drug-likeness (QED) is 0.574. The SMILES string of the molecule is Fc1ncc(C=CCCS)cn1. The number of rotatable bonds is 3. The molecular formula is C8H9FN2S. The van der Waals surface area contributed by atoms with Gasteiger partial charge in [0.15, 0.2) is 0 Å². The van der Waals surface area contributed by atoms with Crippen molar-refractivity contribution in [3.8, 4) is 0 Å². The van der Waals surface area contributed by atoms with Gasteiger partial charge >= 0.3 is 6.08 Å². The van der Waals surface area contributed by atoms with Crippen LogP contribution >= 0.6 is 12.6 Å². The van der Waals surface area contributed by atoms with Crippen LogP contribution in [0.4, 0.5) is 4.39 Å². The van der Waals surface area contributed by atoms with Gasteiger partial charge in [0.1, 0.15) is 0 Å². The van der Waals surface area contributed by atoms with Crippen LogP contribution in [0.1, 0.15) is 12.0 Å². The Morgan fingerprint density at radius 3 is 2.67 bits per heavy atom. The van der Waals surface area contributed by atoms with Gasteiger partial charge in [0.25, 0.3) is 0 Å². The van der Waals surface area contributed by atoms with Crippen molar-refractivity contribution >= 4 is 18.7 Å². The fraction of sp³-hybridized carbons (Fsp3) is 0.250. The summed E-state index contributed by atoms with van der Waals surface area (Å²) in [6, 6.07) is 0. The predicted molar refractivity (Wildman–Crippen MR) is 49.5 cm³/mol. The van der Waals surface area contributed by atoms with E-state index < -0.39 is 6.08 Å². The molecule has 0 radical (unpaired) electrons. The van der Waals surface area contributed by atoms with Gasteiger partial charge < -0.3 is 0 Å². The molecule has 0 amide bonds. The average molecular weight is 184 g/mol. The summed E-state index contributed by atoms with van der Waals surface area (Å²) in [5.74, 6) is 0.804. The zero-order chi connectivity index (χ0) is 8.81. The Balaban J connectivity index is 2.58. The minimum absolute atomic E-state index is 0.693. The highest BCUT2D eigenvalue weighted by Crippen LogP contribution is 1.99. The van der Waals surface area contributed by atoms with Crippen molar-refractivity contribution in [2.24, 2.45) is 0 Å². The van der Waals surface area contributed by atoms with Crippen LogP contribution in [0.5, 0.6) is 0 Å². The van der Waals surface area contributed by atoms with Crippen molar-refractivity contribution in [3.63, 3.8) is 0 Å². The highest BCUT2D eigenvalue weighted by Gasteiger charge is 1.90. The van der Waals surface area contributed by atoms with E-state index in [-0.39, 0.29) is 0 Å². The van der Waals surface area contributed by atoms with Crippen LogP contribution in [0.15, 0.2) is 18.5 Å². The molecule has 64 valence electrons. The first kappa shape index (κ1) is 9.19. The molecule has 0 N–H and O–H groups in total. The lowest BCUT2D eigenvalue weighted by Gasteiger charge is -1.90. The van der Waals surface area contributed by atoms with Crippen LogP contribution < -0.4 is 0 Å². The van der Waals surface area contributed by atoms with E-state index in [4.69, 9.17) is 0 Å². The molecule has 0 bridgehead atoms. The highest BCUT2D eigenvalue weighted by atomic mass is 32.1. The monoisotopic (exact) mass is 184 g/mol. The Bertz CT molecular complexity index is 258. The molecule has 0 saturated carbocycles. The summed E-state index contributed by atoms with van der Waals surface area (Å²) in [7, 11) is 0. The number of nitrogens with zero attached hydrogens (tertiary/aromatic N) is 2. The number of allylic oxidation sites excluding steroid dienone is 1. The fourth-order valence-electron chi connectivity index (χ4n) is 0.702. The summed E-state index contributed by atoms with van der Waals surface area (Å²) in [6.07, 6.45) is 6.87. The maximum absolute atomic E-state index is 12.2. The van der Waals surface area contributed by atoms with Gasteiger partial charge in [-0.1, -0.05) is 12.2 Å². The molecule has 4 heteroatoms. The van der Waals surface area contributed by atoms with Crippen molar-refractivity contribution in [1.82, 2.24) is 9.97 Å². The summed E-state index contributed by atoms with van der Waals surface area (Å²) < 4.78 is 12.2. The zero-order valence-corrected chi connectivity index (χ0v) is 7.34. The lowest BCUT2D eigenvalue weighted by molar-refractivity contribution is 0.538. The first-order valence-corrected chi connectivity index (χ1v) is 4.21. The maximum Gasteiger partial charge on any atom is 0.308 e. The number of halogens is 1. The summed E-state index contributed by atoms with van der Waals surface area (Å²) >= 11 is 4.04. The highest BCUT2D eigenvalue weighted by molar-refractivity contribution is 7.80. The molecule has 0 fully saturated rings. The fourth-order valence-corrected chi connectivity index (χ4v) is 0.851. The van der Waals surface area contributed by atoms with Crippen LogP contribution in [0.3, 0.4) is 0 Å². The van der Waals surface area contributed by atoms with E-state index in [2.05, 4.69) is 22.6 Å². The second kappa shape index (κ2) is 4.87. The molecule has 2 nitrogen and oxygen atoms in total. The van der Waals surface area contributed by atoms with E-state index >= 15 is 0 Å². The van der Waals surface area contributed by atoms with Crippen molar-refractivity contribution in [2.45, 2.75) is 6.42 Å². The molecule has 0 atom stereocenters. The normalized spacial score (nSPS) is 10.8. The van der Waals surface area contributed by atoms with Crippen molar-refractivity contribution in [1.29, 1.82) is 0 Å². The molecular weight excluding hydrogens is 175 g/mol. The predicted octanol–water partition coefficient (Wildman–Crippen LogP) is 1.95. The summed E-state index contributed by atoms with van der Waals surface area (Å²) in [5, 5.41) is 0. The van der Waals surface area contributed by atoms with Crippen LogP contribution in [-0.2, 0) is 0 Å². The smallest absolute Gasteiger partial charge is 0.210 e. The van der Waals surface area contributed by atoms with E-state index in [0.717, 1.165) is 17.7 Å². The number of hydrogen-bond acceptors (Lipinski definition) is 3. The van der Waals surface area contributed by atoms with Gasteiger partial charge in [0.2, 0.25) is 0 Å². The molecule has 1 rings (SSSR count). The van der Waals surface area contributed by atoms with Gasteiger partial charge in [0, 0.05) is 18.0 Å². The Morgan fingerprint density at radius 1 is 1.42 bits per heavy atom. The summed E-state index contributed by atoms with van der Waals surface area (Å²) in [5.41, 5.74) is 0.804. The van der Waals surface area contributed by atoms with Crippen molar-refractivity contribution in [2.75, 3.05) is 5.75 Å². The van der Waals surface area contributed by atoms with Crippen LogP contribution in [0.25, 0.3) is 6.08 Å². The minimum atomic E-state index is -0.693. The Kier molecular flexibility index (Phi) is 3.73. The summed E-state index contributed by atoms with van der Waals surface area (Å²) in [4.78, 5) is 6.82. The molecule has 0 aliphatic rings. The minimum Gasteiger partial charge on any atom is -0.210 e. The lowest BCUT2D eigenvalue weighted by Crippen LogP contribution is -1.87. The van der Waals surface area contributed by atoms with Crippen molar-refractivity contribution < 1.29 is 4.39 Å². The first-order chi connectivity index (χ1) is 5.83. The third-order valence-electron chi connectivity index (χ3n) is 1.25. The van der Waals surface area contributed by atoms with Crippen LogP contribution in [-0.4, -0.2) is 15.7 Å². The third-order valence-corrected chi connectivity index (χ3v) is 1.50. The van der Waals surface area contributed by atoms with E-state index in [1.807, 2.05) is 12.2 Å². The third kappa shape index (κ3) is 3.00. The largest absolute Gasteiger partial charge is 0.308 e. The van der Waals surface area contributed by atoms with E-state index in [0.29, 0.717) is 0 Å². The number of aromatic nitrogens is 2. The van der Waals surface area contributed by atoms with E-state index in [1.165, 1.54) is 12.4 Å². The molecule has 1 aromatic rings. The van der Waals surface area contributed by atoms with Gasteiger partial charge in [-0.2, -0.15) is 17.0 Å². The van der Waals surface area contributed by atoms with E-state index in [1.54, 1.807) is 0 Å². The van der Waals surface area contributed by atoms with Crippen LogP contribution in [0, 0.1) is 6.08 Å². The molecule has 1 heterocycles. The second-order valence-corrected chi connectivity index (χ2v) is 2.65. The lowest BCUT2D eigenvalue weighted by atomic mass is 10.3. The van der Waals surface area contributed by atoms with Gasteiger partial charge in [-0.3, -0.25) is 0 Å². The summed E-state index contributed by atoms with van der Waals surface area (Å²) in [6.45, 7) is 0. The van der Waals surface area contributed by atoms with Crippen molar-refractivity contribution in [3.05, 3.63) is 30.1 Å². The Hall–Kier alpha value is -0.900. The standard InChI is InChI=1S/C8H9FN2S/c9-8-10-5-7(6-11-8)3-1-2-4-12/h1,3,5-6,12H,2,4H2. The average Bonchev–Trinajstić information content (AvgIpc) is 2.09. The number of hydrogen-bond donors (Lipinski definition) is 1. The van der Waals surface area contributed by atoms with Crippen LogP contribution in [0.2, 0.25) is 0 Å². The molecule has 0 saturated heterocycles. The van der Waals surface area contributed by atoms with E-state index in [9.17, 15) is 4.39 Å². The molecule has 12 heavy (non-hydrogen) atoms. The van der Waals surface area contributed by atoms with Gasteiger partial charge in [-0.25, -0.2) is 9.97 Å².